The van der Waals surface area contributed by atoms with Gasteiger partial charge in [-0.3, -0.25) is 4.79 Å². The Morgan fingerprint density at radius 2 is 2.00 bits per heavy atom. The zero-order chi connectivity index (χ0) is 19.7. The van der Waals surface area contributed by atoms with E-state index in [0.717, 1.165) is 18.4 Å². The summed E-state index contributed by atoms with van der Waals surface area (Å²) in [4.78, 5) is 31.4. The molecule has 4 rings (SSSR count). The summed E-state index contributed by atoms with van der Waals surface area (Å²) in [5.41, 5.74) is 2.02. The number of rotatable bonds is 6. The van der Waals surface area contributed by atoms with Crippen molar-refractivity contribution in [3.05, 3.63) is 53.5 Å². The van der Waals surface area contributed by atoms with Gasteiger partial charge in [-0.25, -0.2) is 9.48 Å². The maximum Gasteiger partial charge on any atom is 0.338 e. The highest BCUT2D eigenvalue weighted by atomic mass is 16.5. The third-order valence-electron chi connectivity index (χ3n) is 4.96. The molecule has 1 fully saturated rings. The molecule has 1 N–H and O–H groups in total. The lowest BCUT2D eigenvalue weighted by atomic mass is 9.95. The Hall–Kier alpha value is -3.16. The molecule has 1 aromatic heterocycles. The predicted molar refractivity (Wildman–Crippen MR) is 102 cm³/mol. The zero-order valence-electron chi connectivity index (χ0n) is 16.0. The van der Waals surface area contributed by atoms with Crippen molar-refractivity contribution in [1.82, 2.24) is 20.1 Å². The van der Waals surface area contributed by atoms with Gasteiger partial charge in [0.2, 0.25) is 11.9 Å². The summed E-state index contributed by atoms with van der Waals surface area (Å²) < 4.78 is 7.02. The summed E-state index contributed by atoms with van der Waals surface area (Å²) in [5, 5.41) is 7.34. The van der Waals surface area contributed by atoms with Crippen LogP contribution in [0.25, 0.3) is 0 Å². The molecule has 28 heavy (non-hydrogen) atoms. The summed E-state index contributed by atoms with van der Waals surface area (Å²) in [6.07, 6.45) is 3.47. The fraction of sp³-hybridized carbons (Fsp3) is 0.400. The molecule has 0 radical (unpaired) electrons. The third-order valence-corrected chi connectivity index (χ3v) is 4.96. The first kappa shape index (κ1) is 18.2. The van der Waals surface area contributed by atoms with E-state index in [9.17, 15) is 9.59 Å². The number of esters is 1. The number of hydrogen-bond donors (Lipinski definition) is 1. The van der Waals surface area contributed by atoms with Gasteiger partial charge >= 0.3 is 5.97 Å². The molecule has 0 saturated heterocycles. The number of carbonyl (C=O) groups excluding carboxylic acids is 2. The number of amides is 1. The van der Waals surface area contributed by atoms with E-state index in [-0.39, 0.29) is 25.1 Å². The van der Waals surface area contributed by atoms with Gasteiger partial charge in [0.1, 0.15) is 18.9 Å². The molecular weight excluding hydrogens is 358 g/mol. The Morgan fingerprint density at radius 1 is 1.25 bits per heavy atom. The second-order valence-corrected chi connectivity index (χ2v) is 6.97. The number of hydrogen-bond acceptors (Lipinski definition) is 6. The molecule has 1 aliphatic carbocycles. The number of nitrogens with one attached hydrogen (secondary N) is 1. The smallest absolute Gasteiger partial charge is 0.338 e. The third kappa shape index (κ3) is 3.37. The van der Waals surface area contributed by atoms with Crippen LogP contribution in [0.2, 0.25) is 0 Å². The first-order valence-electron chi connectivity index (χ1n) is 9.49. The first-order valence-corrected chi connectivity index (χ1v) is 9.49. The topological polar surface area (TPSA) is 89.3 Å². The molecule has 1 atom stereocenters. The molecule has 2 aliphatic rings. The summed E-state index contributed by atoms with van der Waals surface area (Å²) >= 11 is 0. The van der Waals surface area contributed by atoms with Crippen molar-refractivity contribution in [3.8, 4) is 0 Å². The van der Waals surface area contributed by atoms with Crippen molar-refractivity contribution in [1.29, 1.82) is 0 Å². The van der Waals surface area contributed by atoms with E-state index in [1.54, 1.807) is 16.5 Å². The average Bonchev–Trinajstić information content (AvgIpc) is 3.36. The van der Waals surface area contributed by atoms with Crippen molar-refractivity contribution < 1.29 is 14.3 Å². The van der Waals surface area contributed by atoms with E-state index < -0.39 is 12.0 Å². The van der Waals surface area contributed by atoms with Crippen LogP contribution in [0.5, 0.6) is 0 Å². The quantitative estimate of drug-likeness (QED) is 0.768. The normalized spacial score (nSPS) is 18.6. The summed E-state index contributed by atoms with van der Waals surface area (Å²) in [6, 6.07) is 9.44. The highest BCUT2D eigenvalue weighted by molar-refractivity contribution is 5.93. The molecular formula is C20H23N5O3. The Morgan fingerprint density at radius 3 is 2.68 bits per heavy atom. The number of allylic oxidation sites excluding steroid dienone is 1. The van der Waals surface area contributed by atoms with Crippen molar-refractivity contribution in [2.75, 3.05) is 18.1 Å². The molecule has 0 unspecified atom stereocenters. The largest absolute Gasteiger partial charge is 0.463 e. The van der Waals surface area contributed by atoms with Crippen LogP contribution in [-0.2, 0) is 14.3 Å². The number of ether oxygens (including phenoxy) is 1. The lowest BCUT2D eigenvalue weighted by Crippen LogP contribution is -2.43. The minimum Gasteiger partial charge on any atom is -0.463 e. The van der Waals surface area contributed by atoms with E-state index in [1.165, 1.54) is 6.33 Å². The second kappa shape index (κ2) is 7.46. The zero-order valence-corrected chi connectivity index (χ0v) is 16.0. The minimum atomic E-state index is -0.458. The van der Waals surface area contributed by atoms with Crippen LogP contribution < -0.4 is 10.2 Å². The van der Waals surface area contributed by atoms with E-state index in [2.05, 4.69) is 15.4 Å². The number of anilines is 1. The molecule has 1 saturated carbocycles. The van der Waals surface area contributed by atoms with Crippen molar-refractivity contribution in [3.63, 3.8) is 0 Å². The van der Waals surface area contributed by atoms with Crippen LogP contribution in [0.3, 0.4) is 0 Å². The number of nitrogens with zero attached hydrogens (tertiary/aromatic N) is 4. The minimum absolute atomic E-state index is 0.0748. The molecule has 0 bridgehead atoms. The molecule has 1 aliphatic heterocycles. The fourth-order valence-corrected chi connectivity index (χ4v) is 3.48. The molecule has 2 heterocycles. The fourth-order valence-electron chi connectivity index (χ4n) is 3.48. The molecule has 1 aromatic carbocycles. The van der Waals surface area contributed by atoms with Crippen LogP contribution in [0.1, 0.15) is 38.3 Å². The Balaban J connectivity index is 1.77. The Kier molecular flexibility index (Phi) is 4.85. The van der Waals surface area contributed by atoms with Gasteiger partial charge in [0.25, 0.3) is 0 Å². The van der Waals surface area contributed by atoms with Gasteiger partial charge < -0.3 is 15.0 Å². The van der Waals surface area contributed by atoms with Crippen molar-refractivity contribution in [2.45, 2.75) is 38.8 Å². The van der Waals surface area contributed by atoms with Crippen LogP contribution in [0.15, 0.2) is 47.9 Å². The van der Waals surface area contributed by atoms with Gasteiger partial charge in [0, 0.05) is 11.7 Å². The van der Waals surface area contributed by atoms with Crippen LogP contribution >= 0.6 is 0 Å². The number of fused-ring (bicyclic) bond motifs is 1. The highest BCUT2D eigenvalue weighted by Crippen LogP contribution is 2.38. The van der Waals surface area contributed by atoms with E-state index in [4.69, 9.17) is 4.74 Å². The van der Waals surface area contributed by atoms with Gasteiger partial charge in [0.15, 0.2) is 0 Å². The van der Waals surface area contributed by atoms with Gasteiger partial charge in [-0.15, -0.1) is 0 Å². The highest BCUT2D eigenvalue weighted by Gasteiger charge is 2.38. The van der Waals surface area contributed by atoms with Gasteiger partial charge in [0.05, 0.1) is 12.2 Å². The lowest BCUT2D eigenvalue weighted by Gasteiger charge is -2.35. The van der Waals surface area contributed by atoms with Crippen molar-refractivity contribution >= 4 is 17.8 Å². The Bertz CT molecular complexity index is 917. The van der Waals surface area contributed by atoms with Crippen LogP contribution in [-0.4, -0.2) is 45.8 Å². The average molecular weight is 381 g/mol. The molecule has 2 aromatic rings. The molecule has 8 nitrogen and oxygen atoms in total. The lowest BCUT2D eigenvalue weighted by molar-refractivity contribution is -0.139. The van der Waals surface area contributed by atoms with Gasteiger partial charge in [-0.05, 0) is 32.3 Å². The summed E-state index contributed by atoms with van der Waals surface area (Å²) in [5.74, 6) is 0.0192. The number of carbonyl (C=O) groups is 2. The Labute approximate surface area is 163 Å². The van der Waals surface area contributed by atoms with Gasteiger partial charge in [-0.2, -0.15) is 10.1 Å². The van der Waals surface area contributed by atoms with Crippen molar-refractivity contribution in [2.24, 2.45) is 0 Å². The first-order chi connectivity index (χ1) is 13.6. The molecule has 8 heteroatoms. The SMILES string of the molecule is CCOC(=O)C1=C(C)N(CC(=O)NC2CC2)c2ncnn2[C@@H]1c1ccccc1. The van der Waals surface area contributed by atoms with E-state index >= 15 is 0 Å². The predicted octanol–water partition coefficient (Wildman–Crippen LogP) is 1.80. The summed E-state index contributed by atoms with van der Waals surface area (Å²) in [7, 11) is 0. The monoisotopic (exact) mass is 381 g/mol. The summed E-state index contributed by atoms with van der Waals surface area (Å²) in [6.45, 7) is 3.94. The van der Waals surface area contributed by atoms with Crippen LogP contribution in [0.4, 0.5) is 5.95 Å². The number of benzene rings is 1. The number of aromatic nitrogens is 3. The maximum absolute atomic E-state index is 12.9. The molecule has 1 amide bonds. The van der Waals surface area contributed by atoms with Gasteiger partial charge in [-0.1, -0.05) is 30.3 Å². The maximum atomic E-state index is 12.9. The standard InChI is InChI=1S/C20H23N5O3/c1-3-28-19(27)17-13(2)24(11-16(26)23-15-9-10-15)20-21-12-22-25(20)18(17)14-7-5-4-6-8-14/h4-8,12,15,18H,3,9-11H2,1-2H3,(H,23,26)/t18-/m1/s1. The molecule has 146 valence electrons. The van der Waals surface area contributed by atoms with E-state index in [1.807, 2.05) is 37.3 Å². The molecule has 0 spiro atoms. The van der Waals surface area contributed by atoms with E-state index in [0.29, 0.717) is 17.2 Å². The van der Waals surface area contributed by atoms with Crippen LogP contribution in [0, 0.1) is 0 Å². The second-order valence-electron chi connectivity index (χ2n) is 6.97.